The number of carbonyl (C=O) groups is 1. The van der Waals surface area contributed by atoms with Crippen LogP contribution in [0.15, 0.2) is 48.7 Å². The summed E-state index contributed by atoms with van der Waals surface area (Å²) in [6.07, 6.45) is 8.23. The van der Waals surface area contributed by atoms with Crippen molar-refractivity contribution in [3.05, 3.63) is 76.9 Å². The van der Waals surface area contributed by atoms with Gasteiger partial charge in [-0.1, -0.05) is 25.3 Å². The summed E-state index contributed by atoms with van der Waals surface area (Å²) in [6.45, 7) is 6.50. The number of rotatable bonds is 7. The van der Waals surface area contributed by atoms with Gasteiger partial charge < -0.3 is 24.8 Å². The SMILES string of the molecule is COCC(=O)Nc1ccc(N2C(=S)N[C@H](c3ccccn3)[C@H]2c2cc(C)n(C3CCCCC3)c2C)cc1C. The number of methoxy groups -OCH3 is 1. The molecule has 0 radical (unpaired) electrons. The van der Waals surface area contributed by atoms with Crippen molar-refractivity contribution in [1.29, 1.82) is 0 Å². The summed E-state index contributed by atoms with van der Waals surface area (Å²) in [5, 5.41) is 7.18. The predicted octanol–water partition coefficient (Wildman–Crippen LogP) is 6.08. The standard InChI is InChI=1S/C30H37N5O2S/c1-19-16-23(13-14-25(19)32-27(36)18-37-4)35-29(28(33-30(35)38)26-12-8-9-15-31-26)24-17-20(2)34(21(24)3)22-10-6-5-7-11-22/h8-9,12-17,22,28-29H,5-7,10-11,18H2,1-4H3,(H,32,36)(H,33,38)/t28-,29-/m1/s1. The van der Waals surface area contributed by atoms with Gasteiger partial charge in [0.15, 0.2) is 5.11 Å². The molecule has 2 N–H and O–H groups in total. The van der Waals surface area contributed by atoms with Crippen molar-refractivity contribution >= 4 is 34.6 Å². The molecule has 200 valence electrons. The molecule has 0 unspecified atom stereocenters. The van der Waals surface area contributed by atoms with E-state index >= 15 is 0 Å². The average molecular weight is 532 g/mol. The third kappa shape index (κ3) is 5.07. The first-order valence-electron chi connectivity index (χ1n) is 13.5. The highest BCUT2D eigenvalue weighted by molar-refractivity contribution is 7.80. The van der Waals surface area contributed by atoms with E-state index < -0.39 is 0 Å². The van der Waals surface area contributed by atoms with Gasteiger partial charge >= 0.3 is 0 Å². The maximum absolute atomic E-state index is 12.1. The van der Waals surface area contributed by atoms with E-state index in [1.807, 2.05) is 37.4 Å². The van der Waals surface area contributed by atoms with Crippen LogP contribution in [0.2, 0.25) is 0 Å². The van der Waals surface area contributed by atoms with Crippen LogP contribution in [-0.2, 0) is 9.53 Å². The van der Waals surface area contributed by atoms with Crippen molar-refractivity contribution in [3.8, 4) is 0 Å². The van der Waals surface area contributed by atoms with Crippen LogP contribution in [-0.4, -0.2) is 34.3 Å². The van der Waals surface area contributed by atoms with Crippen LogP contribution in [0.1, 0.15) is 78.4 Å². The molecule has 38 heavy (non-hydrogen) atoms. The number of nitrogens with zero attached hydrogens (tertiary/aromatic N) is 3. The first-order valence-corrected chi connectivity index (χ1v) is 13.9. The van der Waals surface area contributed by atoms with Gasteiger partial charge in [-0.2, -0.15) is 0 Å². The Balaban J connectivity index is 1.56. The fourth-order valence-electron chi connectivity index (χ4n) is 6.21. The minimum absolute atomic E-state index is 0.0196. The van der Waals surface area contributed by atoms with E-state index in [1.165, 1.54) is 56.2 Å². The van der Waals surface area contributed by atoms with Crippen molar-refractivity contribution in [3.63, 3.8) is 0 Å². The van der Waals surface area contributed by atoms with Crippen molar-refractivity contribution < 1.29 is 9.53 Å². The van der Waals surface area contributed by atoms with E-state index in [-0.39, 0.29) is 24.6 Å². The molecule has 3 aromatic rings. The largest absolute Gasteiger partial charge is 0.375 e. The minimum atomic E-state index is -0.176. The van der Waals surface area contributed by atoms with Gasteiger partial charge in [0.25, 0.3) is 0 Å². The molecule has 2 aromatic heterocycles. The summed E-state index contributed by atoms with van der Waals surface area (Å²) < 4.78 is 7.52. The van der Waals surface area contributed by atoms with Crippen LogP contribution in [0.4, 0.5) is 11.4 Å². The van der Waals surface area contributed by atoms with Crippen LogP contribution >= 0.6 is 12.2 Å². The molecule has 1 aromatic carbocycles. The van der Waals surface area contributed by atoms with Crippen molar-refractivity contribution in [1.82, 2.24) is 14.9 Å². The molecule has 1 saturated heterocycles. The van der Waals surface area contributed by atoms with E-state index in [2.05, 4.69) is 52.1 Å². The Hall–Kier alpha value is -3.23. The van der Waals surface area contributed by atoms with Crippen LogP contribution in [0.5, 0.6) is 0 Å². The number of thiocarbonyl (C=S) groups is 1. The second kappa shape index (κ2) is 11.3. The van der Waals surface area contributed by atoms with Gasteiger partial charge in [-0.3, -0.25) is 9.78 Å². The molecule has 1 aliphatic carbocycles. The number of anilines is 2. The van der Waals surface area contributed by atoms with Gasteiger partial charge in [-0.25, -0.2) is 0 Å². The second-order valence-corrected chi connectivity index (χ2v) is 10.9. The van der Waals surface area contributed by atoms with Gasteiger partial charge in [-0.05, 0) is 93.4 Å². The molecule has 3 heterocycles. The number of benzene rings is 1. The highest BCUT2D eigenvalue weighted by atomic mass is 32.1. The Morgan fingerprint density at radius 3 is 2.61 bits per heavy atom. The fourth-order valence-corrected chi connectivity index (χ4v) is 6.55. The van der Waals surface area contributed by atoms with Crippen molar-refractivity contribution in [2.45, 2.75) is 71.0 Å². The third-order valence-corrected chi connectivity index (χ3v) is 8.23. The minimum Gasteiger partial charge on any atom is -0.375 e. The van der Waals surface area contributed by atoms with Crippen LogP contribution < -0.4 is 15.5 Å². The maximum atomic E-state index is 12.1. The zero-order valence-electron chi connectivity index (χ0n) is 22.7. The first kappa shape index (κ1) is 26.4. The van der Waals surface area contributed by atoms with Crippen LogP contribution in [0, 0.1) is 20.8 Å². The normalized spacial score (nSPS) is 20.0. The molecule has 5 rings (SSSR count). The van der Waals surface area contributed by atoms with Gasteiger partial charge in [0.1, 0.15) is 6.61 Å². The Labute approximate surface area is 230 Å². The van der Waals surface area contributed by atoms with E-state index in [1.54, 1.807) is 0 Å². The molecule has 1 amide bonds. The molecule has 2 aliphatic rings. The number of aromatic nitrogens is 2. The fraction of sp³-hybridized carbons (Fsp3) is 0.433. The van der Waals surface area contributed by atoms with Gasteiger partial charge in [0.2, 0.25) is 5.91 Å². The van der Waals surface area contributed by atoms with Crippen molar-refractivity contribution in [2.75, 3.05) is 23.9 Å². The first-order chi connectivity index (χ1) is 18.4. The molecule has 8 heteroatoms. The Morgan fingerprint density at radius 1 is 1.13 bits per heavy atom. The molecule has 1 aliphatic heterocycles. The lowest BCUT2D eigenvalue weighted by Crippen LogP contribution is -2.30. The van der Waals surface area contributed by atoms with E-state index in [0.717, 1.165) is 22.6 Å². The molecule has 2 atom stereocenters. The highest BCUT2D eigenvalue weighted by Crippen LogP contribution is 2.45. The lowest BCUT2D eigenvalue weighted by atomic mass is 9.94. The summed E-state index contributed by atoms with van der Waals surface area (Å²) in [4.78, 5) is 19.0. The summed E-state index contributed by atoms with van der Waals surface area (Å²) in [5.41, 5.74) is 7.54. The number of pyridine rings is 1. The number of nitrogens with one attached hydrogen (secondary N) is 2. The Morgan fingerprint density at radius 2 is 1.92 bits per heavy atom. The Kier molecular flexibility index (Phi) is 7.81. The van der Waals surface area contributed by atoms with E-state index in [4.69, 9.17) is 21.9 Å². The molecule has 0 spiro atoms. The quantitative estimate of drug-likeness (QED) is 0.360. The Bertz CT molecular complexity index is 1320. The number of hydrogen-bond acceptors (Lipinski definition) is 4. The zero-order chi connectivity index (χ0) is 26.8. The molecule has 1 saturated carbocycles. The van der Waals surface area contributed by atoms with Gasteiger partial charge in [-0.15, -0.1) is 0 Å². The average Bonchev–Trinajstić information content (AvgIpc) is 3.41. The topological polar surface area (TPSA) is 71.4 Å². The summed E-state index contributed by atoms with van der Waals surface area (Å²) in [7, 11) is 1.51. The lowest BCUT2D eigenvalue weighted by Gasteiger charge is -2.30. The van der Waals surface area contributed by atoms with Gasteiger partial charge in [0.05, 0.1) is 17.8 Å². The number of aryl methyl sites for hydroxylation is 2. The molecular weight excluding hydrogens is 494 g/mol. The molecular formula is C30H37N5O2S. The zero-order valence-corrected chi connectivity index (χ0v) is 23.5. The summed E-state index contributed by atoms with van der Waals surface area (Å²) in [5.74, 6) is -0.176. The highest BCUT2D eigenvalue weighted by Gasteiger charge is 2.42. The van der Waals surface area contributed by atoms with E-state index in [0.29, 0.717) is 11.2 Å². The summed E-state index contributed by atoms with van der Waals surface area (Å²) in [6, 6.07) is 14.8. The molecule has 0 bridgehead atoms. The number of carbonyl (C=O) groups excluding carboxylic acids is 1. The summed E-state index contributed by atoms with van der Waals surface area (Å²) >= 11 is 5.96. The van der Waals surface area contributed by atoms with Crippen LogP contribution in [0.25, 0.3) is 0 Å². The second-order valence-electron chi connectivity index (χ2n) is 10.5. The van der Waals surface area contributed by atoms with Crippen LogP contribution in [0.3, 0.4) is 0 Å². The molecule has 7 nitrogen and oxygen atoms in total. The monoisotopic (exact) mass is 531 g/mol. The number of hydrogen-bond donors (Lipinski definition) is 2. The number of amides is 1. The number of ether oxygens (including phenoxy) is 1. The smallest absolute Gasteiger partial charge is 0.250 e. The van der Waals surface area contributed by atoms with Crippen molar-refractivity contribution in [2.24, 2.45) is 0 Å². The lowest BCUT2D eigenvalue weighted by molar-refractivity contribution is -0.119. The third-order valence-electron chi connectivity index (χ3n) is 7.92. The predicted molar refractivity (Wildman–Crippen MR) is 156 cm³/mol. The molecule has 2 fully saturated rings. The van der Waals surface area contributed by atoms with Gasteiger partial charge in [0, 0.05) is 42.1 Å². The van der Waals surface area contributed by atoms with E-state index in [9.17, 15) is 4.79 Å². The maximum Gasteiger partial charge on any atom is 0.250 e.